The van der Waals surface area contributed by atoms with Gasteiger partial charge in [-0.3, -0.25) is 9.89 Å². The summed E-state index contributed by atoms with van der Waals surface area (Å²) in [7, 11) is 0. The number of carbonyl (C=O) groups excluding carboxylic acids is 1. The van der Waals surface area contributed by atoms with Gasteiger partial charge in [0.05, 0.1) is 5.52 Å². The van der Waals surface area contributed by atoms with Gasteiger partial charge in [0.1, 0.15) is 5.82 Å². The topological polar surface area (TPSA) is 98.8 Å². The van der Waals surface area contributed by atoms with Crippen LogP contribution in [0.25, 0.3) is 10.9 Å². The first-order valence-corrected chi connectivity index (χ1v) is 9.85. The highest BCUT2D eigenvalue weighted by molar-refractivity contribution is 6.31. The van der Waals surface area contributed by atoms with Crippen LogP contribution in [0.15, 0.2) is 24.3 Å². The Bertz CT molecular complexity index is 1050. The highest BCUT2D eigenvalue weighted by Gasteiger charge is 2.26. The lowest BCUT2D eigenvalue weighted by Crippen LogP contribution is -2.29. The van der Waals surface area contributed by atoms with E-state index in [0.29, 0.717) is 48.8 Å². The van der Waals surface area contributed by atoms with Gasteiger partial charge in [0.15, 0.2) is 5.82 Å². The second-order valence-corrected chi connectivity index (χ2v) is 7.66. The fraction of sp³-hybridized carbons (Fsp3) is 0.368. The first-order valence-electron chi connectivity index (χ1n) is 9.47. The van der Waals surface area contributed by atoms with Gasteiger partial charge in [-0.05, 0) is 31.0 Å². The zero-order valence-electron chi connectivity index (χ0n) is 15.2. The van der Waals surface area contributed by atoms with Crippen LogP contribution < -0.4 is 15.5 Å². The summed E-state index contributed by atoms with van der Waals surface area (Å²) in [6.07, 6.45) is 2.84. The van der Waals surface area contributed by atoms with E-state index in [1.54, 1.807) is 0 Å². The second kappa shape index (κ2) is 6.94. The van der Waals surface area contributed by atoms with E-state index >= 15 is 0 Å². The molecule has 1 amide bonds. The van der Waals surface area contributed by atoms with Crippen molar-refractivity contribution in [3.63, 3.8) is 0 Å². The molecule has 3 aromatic rings. The third-order valence-electron chi connectivity index (χ3n) is 5.10. The van der Waals surface area contributed by atoms with Gasteiger partial charge in [-0.2, -0.15) is 10.1 Å². The average molecular weight is 398 g/mol. The van der Waals surface area contributed by atoms with Crippen LogP contribution in [0.4, 0.5) is 17.6 Å². The molecule has 1 aliphatic carbocycles. The fourth-order valence-electron chi connectivity index (χ4n) is 3.42. The lowest BCUT2D eigenvalue weighted by molar-refractivity contribution is -0.120. The Balaban J connectivity index is 1.52. The minimum Gasteiger partial charge on any atom is -0.354 e. The Kier molecular flexibility index (Phi) is 4.27. The minimum absolute atomic E-state index is 0.0533. The number of hydrogen-bond donors (Lipinski definition) is 3. The van der Waals surface area contributed by atoms with Crippen LogP contribution in [0.5, 0.6) is 0 Å². The van der Waals surface area contributed by atoms with Gasteiger partial charge in [0.25, 0.3) is 0 Å². The maximum Gasteiger partial charge on any atom is 0.227 e. The van der Waals surface area contributed by atoms with Gasteiger partial charge in [-0.25, -0.2) is 4.98 Å². The van der Waals surface area contributed by atoms with Crippen molar-refractivity contribution in [3.05, 3.63) is 35.0 Å². The Hall–Kier alpha value is -2.87. The maximum atomic E-state index is 11.7. The number of aromatic nitrogens is 4. The van der Waals surface area contributed by atoms with Crippen molar-refractivity contribution in [2.45, 2.75) is 25.2 Å². The number of rotatable bonds is 4. The molecule has 2 aliphatic rings. The molecule has 3 heterocycles. The van der Waals surface area contributed by atoms with Crippen LogP contribution >= 0.6 is 11.6 Å². The van der Waals surface area contributed by atoms with Crippen molar-refractivity contribution in [2.75, 3.05) is 29.9 Å². The standard InChI is InChI=1S/C19H20ClN7O/c20-12-3-4-14-13(9-12)18(23-16-10-15(25-26-16)11-1-2-11)24-19(22-14)27-7-5-17(28)21-6-8-27/h3-4,9-11H,1-2,5-8H2,(H,21,28)(H2,22,23,24,25,26). The Morgan fingerprint density at radius 1 is 1.18 bits per heavy atom. The molecule has 28 heavy (non-hydrogen) atoms. The Labute approximate surface area is 166 Å². The lowest BCUT2D eigenvalue weighted by Gasteiger charge is -2.21. The summed E-state index contributed by atoms with van der Waals surface area (Å²) in [6, 6.07) is 7.59. The van der Waals surface area contributed by atoms with Crippen molar-refractivity contribution in [1.82, 2.24) is 25.5 Å². The first kappa shape index (κ1) is 17.2. The third-order valence-corrected chi connectivity index (χ3v) is 5.34. The number of carbonyl (C=O) groups is 1. The van der Waals surface area contributed by atoms with Crippen molar-refractivity contribution in [1.29, 1.82) is 0 Å². The van der Waals surface area contributed by atoms with Crippen molar-refractivity contribution in [3.8, 4) is 0 Å². The normalized spacial score (nSPS) is 17.5. The van der Waals surface area contributed by atoms with Crippen LogP contribution in [0.3, 0.4) is 0 Å². The Morgan fingerprint density at radius 2 is 2.07 bits per heavy atom. The van der Waals surface area contributed by atoms with E-state index in [4.69, 9.17) is 21.6 Å². The molecule has 3 N–H and O–H groups in total. The number of fused-ring (bicyclic) bond motifs is 1. The fourth-order valence-corrected chi connectivity index (χ4v) is 3.59. The number of benzene rings is 1. The predicted molar refractivity (Wildman–Crippen MR) is 108 cm³/mol. The van der Waals surface area contributed by atoms with E-state index in [2.05, 4.69) is 20.8 Å². The van der Waals surface area contributed by atoms with Gasteiger partial charge < -0.3 is 15.5 Å². The number of halogens is 1. The van der Waals surface area contributed by atoms with E-state index in [1.807, 2.05) is 29.2 Å². The van der Waals surface area contributed by atoms with Gasteiger partial charge in [-0.1, -0.05) is 11.6 Å². The van der Waals surface area contributed by atoms with Crippen molar-refractivity contribution in [2.24, 2.45) is 0 Å². The van der Waals surface area contributed by atoms with E-state index in [1.165, 1.54) is 12.8 Å². The number of nitrogens with zero attached hydrogens (tertiary/aromatic N) is 4. The van der Waals surface area contributed by atoms with Gasteiger partial charge in [0, 0.05) is 54.1 Å². The molecule has 144 valence electrons. The molecule has 0 spiro atoms. The van der Waals surface area contributed by atoms with E-state index in [9.17, 15) is 4.79 Å². The summed E-state index contributed by atoms with van der Waals surface area (Å²) in [4.78, 5) is 23.1. The van der Waals surface area contributed by atoms with Crippen LogP contribution in [-0.2, 0) is 4.79 Å². The Morgan fingerprint density at radius 3 is 2.93 bits per heavy atom. The van der Waals surface area contributed by atoms with Crippen molar-refractivity contribution >= 4 is 46.0 Å². The number of anilines is 3. The minimum atomic E-state index is 0.0533. The smallest absolute Gasteiger partial charge is 0.227 e. The zero-order chi connectivity index (χ0) is 19.1. The van der Waals surface area contributed by atoms with E-state index < -0.39 is 0 Å². The molecule has 1 aliphatic heterocycles. The first-order chi connectivity index (χ1) is 13.7. The molecule has 0 atom stereocenters. The number of aromatic amines is 1. The second-order valence-electron chi connectivity index (χ2n) is 7.23. The van der Waals surface area contributed by atoms with E-state index in [0.717, 1.165) is 22.4 Å². The number of H-pyrrole nitrogens is 1. The number of hydrogen-bond acceptors (Lipinski definition) is 6. The predicted octanol–water partition coefficient (Wildman–Crippen LogP) is 2.95. The molecule has 1 saturated heterocycles. The molecule has 5 rings (SSSR count). The molecule has 1 aromatic carbocycles. The largest absolute Gasteiger partial charge is 0.354 e. The molecule has 2 aromatic heterocycles. The zero-order valence-corrected chi connectivity index (χ0v) is 16.0. The highest BCUT2D eigenvalue weighted by atomic mass is 35.5. The molecular formula is C19H20ClN7O. The highest BCUT2D eigenvalue weighted by Crippen LogP contribution is 2.40. The quantitative estimate of drug-likeness (QED) is 0.626. The van der Waals surface area contributed by atoms with Gasteiger partial charge in [0.2, 0.25) is 11.9 Å². The van der Waals surface area contributed by atoms with Gasteiger partial charge in [-0.15, -0.1) is 0 Å². The molecule has 1 saturated carbocycles. The van der Waals surface area contributed by atoms with Crippen LogP contribution in [-0.4, -0.2) is 45.7 Å². The maximum absolute atomic E-state index is 11.7. The molecule has 0 radical (unpaired) electrons. The molecular weight excluding hydrogens is 378 g/mol. The SMILES string of the molecule is O=C1CCN(c2nc(Nc3cc(C4CC4)[nH]n3)c3cc(Cl)ccc3n2)CCN1. The monoisotopic (exact) mass is 397 g/mol. The van der Waals surface area contributed by atoms with Gasteiger partial charge >= 0.3 is 0 Å². The summed E-state index contributed by atoms with van der Waals surface area (Å²) in [5.74, 6) is 2.61. The molecule has 2 fully saturated rings. The summed E-state index contributed by atoms with van der Waals surface area (Å²) < 4.78 is 0. The summed E-state index contributed by atoms with van der Waals surface area (Å²) >= 11 is 6.21. The summed E-state index contributed by atoms with van der Waals surface area (Å²) in [5.41, 5.74) is 1.94. The average Bonchev–Trinajstić information content (AvgIpc) is 3.47. The molecule has 8 nitrogen and oxygen atoms in total. The lowest BCUT2D eigenvalue weighted by atomic mass is 10.2. The molecule has 0 unspecified atom stereocenters. The molecule has 9 heteroatoms. The van der Waals surface area contributed by atoms with Crippen molar-refractivity contribution < 1.29 is 4.79 Å². The third kappa shape index (κ3) is 3.47. The van der Waals surface area contributed by atoms with Crippen LogP contribution in [0.2, 0.25) is 5.02 Å². The summed E-state index contributed by atoms with van der Waals surface area (Å²) in [5, 5.41) is 15.1. The number of amides is 1. The molecule has 0 bridgehead atoms. The van der Waals surface area contributed by atoms with E-state index in [-0.39, 0.29) is 5.91 Å². The number of nitrogens with one attached hydrogen (secondary N) is 3. The van der Waals surface area contributed by atoms with Crippen LogP contribution in [0, 0.1) is 0 Å². The summed E-state index contributed by atoms with van der Waals surface area (Å²) in [6.45, 7) is 1.82. The van der Waals surface area contributed by atoms with Crippen LogP contribution in [0.1, 0.15) is 30.9 Å².